The van der Waals surface area contributed by atoms with Gasteiger partial charge in [-0.25, -0.2) is 0 Å². The van der Waals surface area contributed by atoms with Crippen LogP contribution in [0.3, 0.4) is 0 Å². The molecule has 0 amide bonds. The molecule has 0 spiro atoms. The Bertz CT molecular complexity index is 869. The molecule has 0 saturated carbocycles. The Labute approximate surface area is 118 Å². The number of pyridine rings is 2. The van der Waals surface area contributed by atoms with Gasteiger partial charge in [-0.1, -0.05) is 11.3 Å². The van der Waals surface area contributed by atoms with Crippen molar-refractivity contribution in [2.45, 2.75) is 0 Å². The van der Waals surface area contributed by atoms with Crippen molar-refractivity contribution in [3.8, 4) is 21.3 Å². The number of hydrogen-bond donors (Lipinski definition) is 0. The monoisotopic (exact) mass is 280 g/mol. The van der Waals surface area contributed by atoms with Crippen LogP contribution in [0.2, 0.25) is 0 Å². The third-order valence-corrected chi connectivity index (χ3v) is 3.89. The molecule has 0 aliphatic rings. The van der Waals surface area contributed by atoms with Gasteiger partial charge in [-0.05, 0) is 18.2 Å². The Morgan fingerprint density at radius 3 is 2.90 bits per heavy atom. The maximum Gasteiger partial charge on any atom is 0.166 e. The fraction of sp³-hybridized carbons (Fsp3) is 0. The molecule has 20 heavy (non-hydrogen) atoms. The number of hydrogen-bond acceptors (Lipinski definition) is 6. The predicted molar refractivity (Wildman–Crippen MR) is 76.1 cm³/mol. The van der Waals surface area contributed by atoms with Crippen LogP contribution in [0.5, 0.6) is 0 Å². The first-order valence-corrected chi connectivity index (χ1v) is 6.79. The van der Waals surface area contributed by atoms with E-state index in [0.29, 0.717) is 0 Å². The molecule has 0 radical (unpaired) electrons. The lowest BCUT2D eigenvalue weighted by Gasteiger charge is -1.94. The molecule has 0 saturated heterocycles. The quantitative estimate of drug-likeness (QED) is 0.563. The highest BCUT2D eigenvalue weighted by Gasteiger charge is 2.11. The smallest absolute Gasteiger partial charge is 0.166 e. The Balaban J connectivity index is 1.77. The number of fused-ring (bicyclic) bond motifs is 1. The summed E-state index contributed by atoms with van der Waals surface area (Å²) in [6, 6.07) is 7.60. The van der Waals surface area contributed by atoms with Gasteiger partial charge in [0.1, 0.15) is 16.3 Å². The van der Waals surface area contributed by atoms with Gasteiger partial charge in [0, 0.05) is 35.6 Å². The SMILES string of the molecule is c1cncc(-c2nnc(-c3cc4occc4cn3)s2)c1. The minimum atomic E-state index is 0.764. The Hall–Kier alpha value is -2.60. The topological polar surface area (TPSA) is 64.7 Å². The molecule has 4 aromatic rings. The summed E-state index contributed by atoms with van der Waals surface area (Å²) in [5, 5.41) is 11.0. The van der Waals surface area contributed by atoms with Crippen molar-refractivity contribution < 1.29 is 4.42 Å². The van der Waals surface area contributed by atoms with Crippen LogP contribution in [0.25, 0.3) is 32.2 Å². The van der Waals surface area contributed by atoms with E-state index in [1.54, 1.807) is 24.9 Å². The van der Waals surface area contributed by atoms with Crippen LogP contribution in [0.1, 0.15) is 0 Å². The zero-order valence-corrected chi connectivity index (χ0v) is 11.0. The van der Waals surface area contributed by atoms with E-state index in [-0.39, 0.29) is 0 Å². The average molecular weight is 280 g/mol. The summed E-state index contributed by atoms with van der Waals surface area (Å²) in [6.45, 7) is 0. The number of rotatable bonds is 2. The predicted octanol–water partition coefficient (Wildman–Crippen LogP) is 3.41. The molecule has 0 aliphatic carbocycles. The van der Waals surface area contributed by atoms with Crippen LogP contribution in [0.15, 0.2) is 53.5 Å². The molecule has 0 aromatic carbocycles. The Morgan fingerprint density at radius 1 is 1.05 bits per heavy atom. The van der Waals surface area contributed by atoms with E-state index in [1.165, 1.54) is 11.3 Å². The first kappa shape index (κ1) is 11.2. The maximum atomic E-state index is 5.38. The van der Waals surface area contributed by atoms with Crippen LogP contribution in [-0.2, 0) is 0 Å². The van der Waals surface area contributed by atoms with Gasteiger partial charge in [-0.3, -0.25) is 9.97 Å². The second-order valence-electron chi connectivity index (χ2n) is 4.18. The van der Waals surface area contributed by atoms with Gasteiger partial charge in [-0.15, -0.1) is 10.2 Å². The molecule has 0 fully saturated rings. The summed E-state index contributed by atoms with van der Waals surface area (Å²) in [7, 11) is 0. The molecule has 5 nitrogen and oxygen atoms in total. The number of nitrogens with zero attached hydrogens (tertiary/aromatic N) is 4. The molecule has 0 aliphatic heterocycles. The first-order chi connectivity index (χ1) is 9.90. The summed E-state index contributed by atoms with van der Waals surface area (Å²) in [6.07, 6.45) is 6.93. The fourth-order valence-electron chi connectivity index (χ4n) is 1.90. The Morgan fingerprint density at radius 2 is 2.00 bits per heavy atom. The van der Waals surface area contributed by atoms with Crippen LogP contribution < -0.4 is 0 Å². The second-order valence-corrected chi connectivity index (χ2v) is 5.16. The average Bonchev–Trinajstić information content (AvgIpc) is 3.16. The van der Waals surface area contributed by atoms with Crippen LogP contribution in [0, 0.1) is 0 Å². The molecule has 0 unspecified atom stereocenters. The van der Waals surface area contributed by atoms with Crippen molar-refractivity contribution in [2.24, 2.45) is 0 Å². The summed E-state index contributed by atoms with van der Waals surface area (Å²) >= 11 is 1.48. The molecule has 4 heterocycles. The van der Waals surface area contributed by atoms with Gasteiger partial charge in [0.25, 0.3) is 0 Å². The van der Waals surface area contributed by atoms with E-state index in [1.807, 2.05) is 24.3 Å². The highest BCUT2D eigenvalue weighted by atomic mass is 32.1. The van der Waals surface area contributed by atoms with Crippen LogP contribution >= 0.6 is 11.3 Å². The largest absolute Gasteiger partial charge is 0.464 e. The molecule has 4 rings (SSSR count). The molecule has 0 N–H and O–H groups in total. The highest BCUT2D eigenvalue weighted by Crippen LogP contribution is 2.29. The van der Waals surface area contributed by atoms with Gasteiger partial charge in [-0.2, -0.15) is 0 Å². The highest BCUT2D eigenvalue weighted by molar-refractivity contribution is 7.17. The zero-order valence-electron chi connectivity index (χ0n) is 10.2. The lowest BCUT2D eigenvalue weighted by molar-refractivity contribution is 0.615. The molecule has 96 valence electrons. The molecule has 6 heteroatoms. The van der Waals surface area contributed by atoms with Crippen molar-refractivity contribution in [1.82, 2.24) is 20.2 Å². The standard InChI is InChI=1S/C14H8N4OS/c1-2-10(7-15-4-1)13-17-18-14(20-13)11-6-12-9(8-16-11)3-5-19-12/h1-8H. The van der Waals surface area contributed by atoms with E-state index < -0.39 is 0 Å². The van der Waals surface area contributed by atoms with E-state index in [9.17, 15) is 0 Å². The molecular weight excluding hydrogens is 272 g/mol. The fourth-order valence-corrected chi connectivity index (χ4v) is 2.71. The minimum Gasteiger partial charge on any atom is -0.464 e. The molecule has 0 bridgehead atoms. The van der Waals surface area contributed by atoms with Gasteiger partial charge < -0.3 is 4.42 Å². The maximum absolute atomic E-state index is 5.38. The number of furan rings is 1. The molecule has 0 atom stereocenters. The zero-order chi connectivity index (χ0) is 13.4. The summed E-state index contributed by atoms with van der Waals surface area (Å²) in [4.78, 5) is 8.47. The summed E-state index contributed by atoms with van der Waals surface area (Å²) < 4.78 is 5.38. The Kier molecular flexibility index (Phi) is 2.53. The number of aromatic nitrogens is 4. The van der Waals surface area contributed by atoms with Crippen molar-refractivity contribution in [3.05, 3.63) is 49.1 Å². The third kappa shape index (κ3) is 1.86. The van der Waals surface area contributed by atoms with E-state index in [0.717, 1.165) is 32.2 Å². The lowest BCUT2D eigenvalue weighted by atomic mass is 10.3. The van der Waals surface area contributed by atoms with Crippen molar-refractivity contribution in [1.29, 1.82) is 0 Å². The van der Waals surface area contributed by atoms with Gasteiger partial charge >= 0.3 is 0 Å². The van der Waals surface area contributed by atoms with E-state index in [4.69, 9.17) is 4.42 Å². The third-order valence-electron chi connectivity index (χ3n) is 2.89. The molecule has 4 aromatic heterocycles. The van der Waals surface area contributed by atoms with E-state index >= 15 is 0 Å². The lowest BCUT2D eigenvalue weighted by Crippen LogP contribution is -1.81. The van der Waals surface area contributed by atoms with E-state index in [2.05, 4.69) is 20.2 Å². The van der Waals surface area contributed by atoms with Crippen LogP contribution in [-0.4, -0.2) is 20.2 Å². The second kappa shape index (κ2) is 4.50. The molecular formula is C14H8N4OS. The van der Waals surface area contributed by atoms with Gasteiger partial charge in [0.05, 0.1) is 6.26 Å². The minimum absolute atomic E-state index is 0.764. The van der Waals surface area contributed by atoms with Crippen molar-refractivity contribution in [3.63, 3.8) is 0 Å². The van der Waals surface area contributed by atoms with Gasteiger partial charge in [0.2, 0.25) is 0 Å². The summed E-state index contributed by atoms with van der Waals surface area (Å²) in [5.74, 6) is 0. The van der Waals surface area contributed by atoms with Crippen molar-refractivity contribution >= 4 is 22.3 Å². The first-order valence-electron chi connectivity index (χ1n) is 5.98. The van der Waals surface area contributed by atoms with Crippen LogP contribution in [0.4, 0.5) is 0 Å². The summed E-state index contributed by atoms with van der Waals surface area (Å²) in [5.41, 5.74) is 2.52. The normalized spacial score (nSPS) is 11.0. The van der Waals surface area contributed by atoms with Gasteiger partial charge in [0.15, 0.2) is 5.01 Å². The van der Waals surface area contributed by atoms with Crippen molar-refractivity contribution in [2.75, 3.05) is 0 Å².